The largest absolute Gasteiger partial charge is 0.480 e. The average molecular weight is 400 g/mol. The van der Waals surface area contributed by atoms with Crippen molar-refractivity contribution in [2.75, 3.05) is 33.2 Å². The molecule has 0 aliphatic carbocycles. The second kappa shape index (κ2) is 9.28. The number of aliphatic carboxylic acids is 1. The fourth-order valence-corrected chi connectivity index (χ4v) is 3.26. The average Bonchev–Trinajstić information content (AvgIpc) is 3.26. The van der Waals surface area contributed by atoms with Gasteiger partial charge in [0.05, 0.1) is 18.7 Å². The van der Waals surface area contributed by atoms with E-state index in [1.807, 2.05) is 7.05 Å². The molecule has 2 heterocycles. The predicted molar refractivity (Wildman–Crippen MR) is 103 cm³/mol. The second-order valence-electron chi connectivity index (χ2n) is 6.99. The molecule has 0 spiro atoms. The summed E-state index contributed by atoms with van der Waals surface area (Å²) >= 11 is 0. The van der Waals surface area contributed by atoms with Gasteiger partial charge in [-0.3, -0.25) is 9.59 Å². The molecule has 154 valence electrons. The molecule has 2 amide bonds. The van der Waals surface area contributed by atoms with Gasteiger partial charge in [0, 0.05) is 37.9 Å². The van der Waals surface area contributed by atoms with Crippen LogP contribution in [-0.2, 0) is 9.59 Å². The fraction of sp³-hybridized carbons (Fsp3) is 0.421. The highest BCUT2D eigenvalue weighted by Crippen LogP contribution is 2.19. The first-order valence-electron chi connectivity index (χ1n) is 9.36. The van der Waals surface area contributed by atoms with Gasteiger partial charge in [-0.25, -0.2) is 9.48 Å². The van der Waals surface area contributed by atoms with Gasteiger partial charge in [-0.1, -0.05) is 23.4 Å². The Kier molecular flexibility index (Phi) is 6.55. The summed E-state index contributed by atoms with van der Waals surface area (Å²) in [6.07, 6.45) is 2.79. The highest BCUT2D eigenvalue weighted by Gasteiger charge is 2.35. The van der Waals surface area contributed by atoms with Gasteiger partial charge in [0.25, 0.3) is 5.91 Å². The van der Waals surface area contributed by atoms with Gasteiger partial charge in [-0.15, -0.1) is 5.10 Å². The predicted octanol–water partition coefficient (Wildman–Crippen LogP) is -0.133. The summed E-state index contributed by atoms with van der Waals surface area (Å²) in [5, 5.41) is 19.9. The molecule has 2 N–H and O–H groups in total. The lowest BCUT2D eigenvalue weighted by Gasteiger charge is -2.34. The van der Waals surface area contributed by atoms with Crippen molar-refractivity contribution in [2.24, 2.45) is 0 Å². The quantitative estimate of drug-likeness (QED) is 0.664. The Morgan fingerprint density at radius 2 is 1.83 bits per heavy atom. The van der Waals surface area contributed by atoms with Crippen molar-refractivity contribution in [2.45, 2.75) is 18.5 Å². The number of nitrogens with one attached hydrogen (secondary N) is 1. The second-order valence-corrected chi connectivity index (χ2v) is 6.99. The molecular formula is C19H24N6O4. The Morgan fingerprint density at radius 1 is 1.14 bits per heavy atom. The van der Waals surface area contributed by atoms with Crippen LogP contribution in [0.15, 0.2) is 42.7 Å². The zero-order valence-corrected chi connectivity index (χ0v) is 16.1. The van der Waals surface area contributed by atoms with Crippen LogP contribution in [0.4, 0.5) is 0 Å². The first-order chi connectivity index (χ1) is 14.0. The lowest BCUT2D eigenvalue weighted by molar-refractivity contribution is -0.141. The maximum Gasteiger partial charge on any atom is 0.328 e. The number of piperazine rings is 1. The molecule has 3 rings (SSSR count). The van der Waals surface area contributed by atoms with Crippen molar-refractivity contribution in [3.8, 4) is 0 Å². The van der Waals surface area contributed by atoms with Gasteiger partial charge in [0.2, 0.25) is 5.91 Å². The van der Waals surface area contributed by atoms with E-state index in [0.717, 1.165) is 13.1 Å². The van der Waals surface area contributed by atoms with Crippen molar-refractivity contribution in [1.82, 2.24) is 30.1 Å². The number of carbonyl (C=O) groups excluding carboxylic acids is 2. The molecule has 1 fully saturated rings. The van der Waals surface area contributed by atoms with E-state index in [0.29, 0.717) is 18.7 Å². The summed E-state index contributed by atoms with van der Waals surface area (Å²) in [5.74, 6) is -1.96. The molecule has 1 aromatic heterocycles. The summed E-state index contributed by atoms with van der Waals surface area (Å²) in [6.45, 7) is 2.67. The Bertz CT molecular complexity index is 834. The maximum absolute atomic E-state index is 12.8. The molecule has 2 aromatic rings. The summed E-state index contributed by atoms with van der Waals surface area (Å²) in [7, 11) is 1.99. The lowest BCUT2D eigenvalue weighted by atomic mass is 10.0. The van der Waals surface area contributed by atoms with Gasteiger partial charge in [0.1, 0.15) is 0 Å². The van der Waals surface area contributed by atoms with Gasteiger partial charge in [0.15, 0.2) is 6.04 Å². The molecule has 0 saturated carbocycles. The third kappa shape index (κ3) is 5.17. The maximum atomic E-state index is 12.8. The Morgan fingerprint density at radius 3 is 2.41 bits per heavy atom. The minimum absolute atomic E-state index is 0.112. The van der Waals surface area contributed by atoms with Crippen LogP contribution in [0.1, 0.15) is 22.8 Å². The number of rotatable bonds is 7. The normalized spacial score (nSPS) is 16.8. The molecule has 0 radical (unpaired) electrons. The van der Waals surface area contributed by atoms with Crippen LogP contribution in [0.3, 0.4) is 0 Å². The van der Waals surface area contributed by atoms with Crippen LogP contribution in [0, 0.1) is 0 Å². The number of carbonyl (C=O) groups is 3. The SMILES string of the molecule is CN1CCN(C(=O)CC(C(NC(=O)c2ccccc2)C(=O)O)n2ccnn2)CC1. The molecule has 1 aliphatic heterocycles. The van der Waals surface area contributed by atoms with Crippen LogP contribution >= 0.6 is 0 Å². The fourth-order valence-electron chi connectivity index (χ4n) is 3.26. The zero-order chi connectivity index (χ0) is 20.8. The van der Waals surface area contributed by atoms with Crippen LogP contribution in [0.5, 0.6) is 0 Å². The van der Waals surface area contributed by atoms with Gasteiger partial charge in [-0.05, 0) is 19.2 Å². The van der Waals surface area contributed by atoms with Gasteiger partial charge in [-0.2, -0.15) is 0 Å². The number of likely N-dealkylation sites (N-methyl/N-ethyl adjacent to an activating group) is 1. The van der Waals surface area contributed by atoms with E-state index in [1.54, 1.807) is 35.2 Å². The zero-order valence-electron chi connectivity index (χ0n) is 16.1. The smallest absolute Gasteiger partial charge is 0.328 e. The highest BCUT2D eigenvalue weighted by atomic mass is 16.4. The topological polar surface area (TPSA) is 121 Å². The van der Waals surface area contributed by atoms with E-state index in [2.05, 4.69) is 20.5 Å². The molecule has 10 heteroatoms. The molecule has 2 atom stereocenters. The Balaban J connectivity index is 1.79. The number of hydrogen-bond donors (Lipinski definition) is 2. The van der Waals surface area contributed by atoms with Crippen LogP contribution in [0.2, 0.25) is 0 Å². The molecule has 10 nitrogen and oxygen atoms in total. The van der Waals surface area contributed by atoms with Crippen LogP contribution < -0.4 is 5.32 Å². The molecule has 0 bridgehead atoms. The first-order valence-corrected chi connectivity index (χ1v) is 9.36. The van der Waals surface area contributed by atoms with E-state index in [4.69, 9.17) is 0 Å². The van der Waals surface area contributed by atoms with E-state index in [-0.39, 0.29) is 12.3 Å². The number of hydrogen-bond acceptors (Lipinski definition) is 6. The summed E-state index contributed by atoms with van der Waals surface area (Å²) in [4.78, 5) is 41.2. The van der Waals surface area contributed by atoms with E-state index in [1.165, 1.54) is 17.1 Å². The number of carboxylic acids is 1. The molecule has 1 aromatic carbocycles. The standard InChI is InChI=1S/C19H24N6O4/c1-23-9-11-24(12-10-23)16(26)13-15(25-8-7-20-22-25)17(19(28)29)21-18(27)14-5-3-2-4-6-14/h2-8,15,17H,9-13H2,1H3,(H,21,27)(H,28,29). The van der Waals surface area contributed by atoms with Crippen molar-refractivity contribution < 1.29 is 19.5 Å². The summed E-state index contributed by atoms with van der Waals surface area (Å²) in [5.41, 5.74) is 0.335. The first kappa shape index (κ1) is 20.5. The Labute approximate surface area is 168 Å². The van der Waals surface area contributed by atoms with Crippen molar-refractivity contribution >= 4 is 17.8 Å². The summed E-state index contributed by atoms with van der Waals surface area (Å²) in [6, 6.07) is 6.07. The number of carboxylic acid groups (broad SMARTS) is 1. The van der Waals surface area contributed by atoms with E-state index >= 15 is 0 Å². The molecule has 1 saturated heterocycles. The number of nitrogens with zero attached hydrogens (tertiary/aromatic N) is 5. The highest BCUT2D eigenvalue weighted by molar-refractivity contribution is 5.96. The van der Waals surface area contributed by atoms with Crippen molar-refractivity contribution in [3.05, 3.63) is 48.3 Å². The van der Waals surface area contributed by atoms with Gasteiger partial charge >= 0.3 is 5.97 Å². The monoisotopic (exact) mass is 400 g/mol. The third-order valence-electron chi connectivity index (χ3n) is 4.99. The van der Waals surface area contributed by atoms with Crippen molar-refractivity contribution in [1.29, 1.82) is 0 Å². The van der Waals surface area contributed by atoms with Crippen LogP contribution in [-0.4, -0.2) is 87.0 Å². The molecular weight excluding hydrogens is 376 g/mol. The molecule has 29 heavy (non-hydrogen) atoms. The number of amides is 2. The van der Waals surface area contributed by atoms with E-state index < -0.39 is 24.0 Å². The minimum Gasteiger partial charge on any atom is -0.480 e. The number of aromatic nitrogens is 3. The lowest BCUT2D eigenvalue weighted by Crippen LogP contribution is -2.51. The molecule has 1 aliphatic rings. The number of benzene rings is 1. The van der Waals surface area contributed by atoms with Crippen molar-refractivity contribution in [3.63, 3.8) is 0 Å². The minimum atomic E-state index is -1.35. The van der Waals surface area contributed by atoms with Gasteiger partial charge < -0.3 is 20.2 Å². The summed E-state index contributed by atoms with van der Waals surface area (Å²) < 4.78 is 1.32. The van der Waals surface area contributed by atoms with E-state index in [9.17, 15) is 19.5 Å². The Hall–Kier alpha value is -3.27. The third-order valence-corrected chi connectivity index (χ3v) is 4.99. The molecule has 2 unspecified atom stereocenters. The van der Waals surface area contributed by atoms with Crippen LogP contribution in [0.25, 0.3) is 0 Å².